The Kier molecular flexibility index (Phi) is 3.29. The molecular formula is C13H14OS. The van der Waals surface area contributed by atoms with Crippen LogP contribution in [0.4, 0.5) is 0 Å². The maximum atomic E-state index is 8.88. The van der Waals surface area contributed by atoms with Crippen molar-refractivity contribution in [3.8, 4) is 0 Å². The van der Waals surface area contributed by atoms with Gasteiger partial charge >= 0.3 is 0 Å². The highest BCUT2D eigenvalue weighted by molar-refractivity contribution is 7.93. The Morgan fingerprint density at radius 3 is 2.60 bits per heavy atom. The van der Waals surface area contributed by atoms with E-state index in [-0.39, 0.29) is 0 Å². The minimum atomic E-state index is 0.586. The van der Waals surface area contributed by atoms with Crippen LogP contribution in [0.15, 0.2) is 47.4 Å². The maximum absolute atomic E-state index is 8.88. The van der Waals surface area contributed by atoms with Crippen molar-refractivity contribution in [3.63, 3.8) is 0 Å². The molecule has 0 aromatic heterocycles. The van der Waals surface area contributed by atoms with Gasteiger partial charge in [-0.2, -0.15) is 0 Å². The summed E-state index contributed by atoms with van der Waals surface area (Å²) in [7, 11) is 0. The van der Waals surface area contributed by atoms with E-state index in [4.69, 9.17) is 4.55 Å². The lowest BCUT2D eigenvalue weighted by Crippen LogP contribution is -2.00. The number of allylic oxidation sites excluding steroid dienone is 4. The first kappa shape index (κ1) is 10.5. The third-order valence-electron chi connectivity index (χ3n) is 2.73. The van der Waals surface area contributed by atoms with Gasteiger partial charge in [-0.25, -0.2) is 0 Å². The van der Waals surface area contributed by atoms with Crippen LogP contribution in [0, 0.1) is 5.92 Å². The van der Waals surface area contributed by atoms with E-state index in [1.165, 1.54) is 11.1 Å². The molecule has 1 aromatic carbocycles. The van der Waals surface area contributed by atoms with Crippen LogP contribution >= 0.6 is 12.0 Å². The fraction of sp³-hybridized carbons (Fsp3) is 0.231. The largest absolute Gasteiger partial charge is 0.325 e. The summed E-state index contributed by atoms with van der Waals surface area (Å²) in [5, 5.41) is 0. The maximum Gasteiger partial charge on any atom is 0.0351 e. The number of rotatable bonds is 2. The van der Waals surface area contributed by atoms with E-state index in [1.54, 1.807) is 0 Å². The Morgan fingerprint density at radius 1 is 1.27 bits per heavy atom. The molecule has 0 saturated heterocycles. The Hall–Kier alpha value is -0.990. The van der Waals surface area contributed by atoms with Gasteiger partial charge in [0.1, 0.15) is 0 Å². The Bertz CT molecular complexity index is 390. The van der Waals surface area contributed by atoms with E-state index in [1.807, 2.05) is 12.1 Å². The first-order chi connectivity index (χ1) is 7.31. The predicted molar refractivity (Wildman–Crippen MR) is 65.8 cm³/mol. The van der Waals surface area contributed by atoms with Gasteiger partial charge in [-0.3, -0.25) is 0 Å². The van der Waals surface area contributed by atoms with Crippen molar-refractivity contribution >= 4 is 17.6 Å². The zero-order chi connectivity index (χ0) is 10.7. The fourth-order valence-corrected chi connectivity index (χ4v) is 2.09. The first-order valence-corrected chi connectivity index (χ1v) is 5.87. The molecule has 2 rings (SSSR count). The standard InChI is InChI=1S/C13H14OS/c1-10-4-2-3-5-13(10)11-6-8-12(15-14)9-7-11/h2-3,5-10,14H,4H2,1H3/t10-/m1/s1. The fourth-order valence-electron chi connectivity index (χ4n) is 1.83. The summed E-state index contributed by atoms with van der Waals surface area (Å²) in [5.74, 6) is 0.586. The average Bonchev–Trinajstić information content (AvgIpc) is 2.30. The smallest absolute Gasteiger partial charge is 0.0351 e. The molecule has 1 nitrogen and oxygen atoms in total. The first-order valence-electron chi connectivity index (χ1n) is 5.10. The van der Waals surface area contributed by atoms with Gasteiger partial charge in [-0.05, 0) is 35.6 Å². The SMILES string of the molecule is C[C@@H]1CC=CC=C1c1ccc(SO)cc1. The molecule has 0 unspecified atom stereocenters. The van der Waals surface area contributed by atoms with Crippen molar-refractivity contribution in [2.75, 3.05) is 0 Å². The van der Waals surface area contributed by atoms with Crippen molar-refractivity contribution < 1.29 is 4.55 Å². The highest BCUT2D eigenvalue weighted by atomic mass is 32.2. The average molecular weight is 218 g/mol. The minimum absolute atomic E-state index is 0.586. The van der Waals surface area contributed by atoms with Gasteiger partial charge in [0, 0.05) is 16.9 Å². The topological polar surface area (TPSA) is 20.2 Å². The summed E-state index contributed by atoms with van der Waals surface area (Å²) in [6.45, 7) is 2.24. The van der Waals surface area contributed by atoms with Crippen molar-refractivity contribution in [3.05, 3.63) is 48.1 Å². The van der Waals surface area contributed by atoms with Gasteiger partial charge < -0.3 is 4.55 Å². The van der Waals surface area contributed by atoms with Crippen molar-refractivity contribution in [1.29, 1.82) is 0 Å². The minimum Gasteiger partial charge on any atom is -0.325 e. The molecule has 1 N–H and O–H groups in total. The van der Waals surface area contributed by atoms with Crippen LogP contribution in [-0.2, 0) is 0 Å². The van der Waals surface area contributed by atoms with E-state index in [0.717, 1.165) is 23.4 Å². The lowest BCUT2D eigenvalue weighted by molar-refractivity contribution is 0.664. The summed E-state index contributed by atoms with van der Waals surface area (Å²) in [5.41, 5.74) is 2.64. The van der Waals surface area contributed by atoms with E-state index in [9.17, 15) is 0 Å². The number of hydrogen-bond donors (Lipinski definition) is 1. The molecule has 1 atom stereocenters. The summed E-state index contributed by atoms with van der Waals surface area (Å²) in [6, 6.07) is 8.04. The van der Waals surface area contributed by atoms with Gasteiger partial charge in [0.25, 0.3) is 0 Å². The number of benzene rings is 1. The molecule has 0 fully saturated rings. The van der Waals surface area contributed by atoms with Gasteiger partial charge in [0.15, 0.2) is 0 Å². The van der Waals surface area contributed by atoms with Gasteiger partial charge in [0.05, 0.1) is 0 Å². The second kappa shape index (κ2) is 4.69. The van der Waals surface area contributed by atoms with Crippen LogP contribution in [0.3, 0.4) is 0 Å². The Labute approximate surface area is 94.7 Å². The van der Waals surface area contributed by atoms with Crippen LogP contribution in [0.5, 0.6) is 0 Å². The molecule has 0 radical (unpaired) electrons. The van der Waals surface area contributed by atoms with E-state index >= 15 is 0 Å². The molecule has 0 spiro atoms. The van der Waals surface area contributed by atoms with Crippen LogP contribution in [0.1, 0.15) is 18.9 Å². The molecular weight excluding hydrogens is 204 g/mol. The molecule has 0 amide bonds. The van der Waals surface area contributed by atoms with Crippen LogP contribution in [-0.4, -0.2) is 4.55 Å². The molecule has 2 heteroatoms. The second-order valence-electron chi connectivity index (χ2n) is 3.80. The molecule has 0 heterocycles. The lowest BCUT2D eigenvalue weighted by atomic mass is 9.88. The van der Waals surface area contributed by atoms with E-state index in [2.05, 4.69) is 37.3 Å². The monoisotopic (exact) mass is 218 g/mol. The molecule has 0 aliphatic heterocycles. The Balaban J connectivity index is 2.29. The quantitative estimate of drug-likeness (QED) is 0.749. The highest BCUT2D eigenvalue weighted by Gasteiger charge is 2.11. The van der Waals surface area contributed by atoms with Gasteiger partial charge in [-0.15, -0.1) is 0 Å². The van der Waals surface area contributed by atoms with Gasteiger partial charge in [0.2, 0.25) is 0 Å². The molecule has 1 aliphatic rings. The summed E-state index contributed by atoms with van der Waals surface area (Å²) in [6.07, 6.45) is 7.60. The molecule has 0 saturated carbocycles. The van der Waals surface area contributed by atoms with Crippen LogP contribution < -0.4 is 0 Å². The Morgan fingerprint density at radius 2 is 2.00 bits per heavy atom. The second-order valence-corrected chi connectivity index (χ2v) is 4.46. The normalized spacial score (nSPS) is 20.1. The van der Waals surface area contributed by atoms with Crippen LogP contribution in [0.25, 0.3) is 5.57 Å². The van der Waals surface area contributed by atoms with Crippen molar-refractivity contribution in [2.45, 2.75) is 18.2 Å². The molecule has 1 aromatic rings. The molecule has 1 aliphatic carbocycles. The van der Waals surface area contributed by atoms with Gasteiger partial charge in [-0.1, -0.05) is 37.3 Å². The highest BCUT2D eigenvalue weighted by Crippen LogP contribution is 2.30. The predicted octanol–water partition coefficient (Wildman–Crippen LogP) is 4.23. The van der Waals surface area contributed by atoms with Crippen molar-refractivity contribution in [1.82, 2.24) is 0 Å². The third-order valence-corrected chi connectivity index (χ3v) is 3.21. The summed E-state index contributed by atoms with van der Waals surface area (Å²) in [4.78, 5) is 0.887. The zero-order valence-corrected chi connectivity index (χ0v) is 9.50. The summed E-state index contributed by atoms with van der Waals surface area (Å²) < 4.78 is 8.88. The zero-order valence-electron chi connectivity index (χ0n) is 8.68. The van der Waals surface area contributed by atoms with Crippen LogP contribution in [0.2, 0.25) is 0 Å². The lowest BCUT2D eigenvalue weighted by Gasteiger charge is -2.17. The van der Waals surface area contributed by atoms with E-state index in [0.29, 0.717) is 5.92 Å². The van der Waals surface area contributed by atoms with Crippen molar-refractivity contribution in [2.24, 2.45) is 5.92 Å². The summed E-state index contributed by atoms with van der Waals surface area (Å²) >= 11 is 0.792. The number of hydrogen-bond acceptors (Lipinski definition) is 2. The molecule has 78 valence electrons. The molecule has 15 heavy (non-hydrogen) atoms. The van der Waals surface area contributed by atoms with E-state index < -0.39 is 0 Å². The molecule has 0 bridgehead atoms. The third kappa shape index (κ3) is 2.33.